The molecule has 9 heteroatoms. The van der Waals surface area contributed by atoms with Crippen molar-refractivity contribution in [3.8, 4) is 11.3 Å². The van der Waals surface area contributed by atoms with E-state index in [1.54, 1.807) is 18.3 Å². The van der Waals surface area contributed by atoms with Crippen LogP contribution in [-0.2, 0) is 16.4 Å². The number of nitrogens with one attached hydrogen (secondary N) is 2. The van der Waals surface area contributed by atoms with Gasteiger partial charge in [0.05, 0.1) is 27.5 Å². The Kier molecular flexibility index (Phi) is 6.18. The van der Waals surface area contributed by atoms with Crippen LogP contribution in [0.3, 0.4) is 0 Å². The van der Waals surface area contributed by atoms with Crippen molar-refractivity contribution in [2.75, 3.05) is 22.7 Å². The van der Waals surface area contributed by atoms with Crippen LogP contribution in [0.5, 0.6) is 0 Å². The van der Waals surface area contributed by atoms with Crippen LogP contribution in [0.25, 0.3) is 11.3 Å². The molecule has 8 nitrogen and oxygen atoms in total. The fourth-order valence-electron chi connectivity index (χ4n) is 4.04. The predicted octanol–water partition coefficient (Wildman–Crippen LogP) is 4.13. The largest absolute Gasteiger partial charge is 0.478 e. The summed E-state index contributed by atoms with van der Waals surface area (Å²) in [6.45, 7) is 3.54. The zero-order chi connectivity index (χ0) is 22.7. The van der Waals surface area contributed by atoms with Crippen LogP contribution in [0.2, 0.25) is 0 Å². The average molecular weight is 455 g/mol. The highest BCUT2D eigenvalue weighted by molar-refractivity contribution is 7.92. The first-order valence-corrected chi connectivity index (χ1v) is 12.2. The van der Waals surface area contributed by atoms with Gasteiger partial charge in [0.1, 0.15) is 0 Å². The molecule has 1 aliphatic heterocycles. The molecule has 0 atom stereocenters. The lowest BCUT2D eigenvalue weighted by molar-refractivity contribution is 0.0696. The number of anilines is 2. The molecule has 0 amide bonds. The van der Waals surface area contributed by atoms with Crippen molar-refractivity contribution in [3.05, 3.63) is 59.8 Å². The third-order valence-corrected chi connectivity index (χ3v) is 7.17. The lowest BCUT2D eigenvalue weighted by Gasteiger charge is -2.31. The highest BCUT2D eigenvalue weighted by atomic mass is 32.2. The van der Waals surface area contributed by atoms with Crippen LogP contribution in [0.4, 0.5) is 11.4 Å². The van der Waals surface area contributed by atoms with Gasteiger partial charge in [-0.15, -0.1) is 0 Å². The first kappa shape index (κ1) is 21.9. The van der Waals surface area contributed by atoms with Crippen molar-refractivity contribution in [3.63, 3.8) is 0 Å². The Bertz CT molecular complexity index is 1220. The standard InChI is InChI=1S/C23H26N4O4S/c1-2-16-6-7-18(23(28)29)15-22(16)32(30,31)26-20-14-17(19-10-11-24-25-19)8-9-21(20)27-12-4-3-5-13-27/h6-11,14-15,26H,2-5,12-13H2,1H3,(H,24,25)(H,28,29). The second-order valence-corrected chi connectivity index (χ2v) is 9.48. The van der Waals surface area contributed by atoms with Crippen LogP contribution >= 0.6 is 0 Å². The highest BCUT2D eigenvalue weighted by Crippen LogP contribution is 2.34. The number of H-pyrrole nitrogens is 1. The average Bonchev–Trinajstić information content (AvgIpc) is 3.34. The maximum Gasteiger partial charge on any atom is 0.335 e. The third-order valence-electron chi connectivity index (χ3n) is 5.72. The molecule has 0 bridgehead atoms. The fourth-order valence-corrected chi connectivity index (χ4v) is 5.44. The van der Waals surface area contributed by atoms with Gasteiger partial charge in [-0.2, -0.15) is 5.10 Å². The number of rotatable bonds is 7. The summed E-state index contributed by atoms with van der Waals surface area (Å²) in [5, 5.41) is 16.3. The third kappa shape index (κ3) is 4.47. The monoisotopic (exact) mass is 454 g/mol. The predicted molar refractivity (Wildman–Crippen MR) is 124 cm³/mol. The second-order valence-electron chi connectivity index (χ2n) is 7.83. The van der Waals surface area contributed by atoms with Gasteiger partial charge in [-0.1, -0.05) is 19.1 Å². The van der Waals surface area contributed by atoms with E-state index >= 15 is 0 Å². The first-order valence-electron chi connectivity index (χ1n) is 10.7. The zero-order valence-corrected chi connectivity index (χ0v) is 18.7. The number of piperidine rings is 1. The Hall–Kier alpha value is -3.33. The summed E-state index contributed by atoms with van der Waals surface area (Å²) < 4.78 is 29.6. The SMILES string of the molecule is CCc1ccc(C(=O)O)cc1S(=O)(=O)Nc1cc(-c2cc[nH]n2)ccc1N1CCCCC1. The van der Waals surface area contributed by atoms with Gasteiger partial charge in [-0.25, -0.2) is 13.2 Å². The van der Waals surface area contributed by atoms with Crippen LogP contribution in [0.15, 0.2) is 53.6 Å². The maximum atomic E-state index is 13.4. The number of aromatic nitrogens is 2. The van der Waals surface area contributed by atoms with Gasteiger partial charge in [-0.3, -0.25) is 9.82 Å². The zero-order valence-electron chi connectivity index (χ0n) is 17.8. The minimum absolute atomic E-state index is 0.0188. The first-order chi connectivity index (χ1) is 15.4. The van der Waals surface area contributed by atoms with E-state index in [1.165, 1.54) is 12.1 Å². The Morgan fingerprint density at radius 1 is 1.12 bits per heavy atom. The second kappa shape index (κ2) is 9.04. The molecule has 0 saturated carbocycles. The normalized spacial score (nSPS) is 14.3. The van der Waals surface area contributed by atoms with Gasteiger partial charge in [0, 0.05) is 24.8 Å². The molecule has 3 N–H and O–H groups in total. The molecule has 32 heavy (non-hydrogen) atoms. The number of sulfonamides is 1. The minimum atomic E-state index is -4.03. The summed E-state index contributed by atoms with van der Waals surface area (Å²) in [6.07, 6.45) is 5.43. The molecule has 1 aromatic heterocycles. The van der Waals surface area contributed by atoms with Crippen molar-refractivity contribution in [2.45, 2.75) is 37.5 Å². The van der Waals surface area contributed by atoms with E-state index in [9.17, 15) is 18.3 Å². The molecule has 0 radical (unpaired) electrons. The Balaban J connectivity index is 1.78. The number of carbonyl (C=O) groups is 1. The summed E-state index contributed by atoms with van der Waals surface area (Å²) in [5.74, 6) is -1.17. The molecule has 0 spiro atoms. The molecule has 4 rings (SSSR count). The van der Waals surface area contributed by atoms with Gasteiger partial charge in [-0.05, 0) is 61.6 Å². The number of hydrogen-bond donors (Lipinski definition) is 3. The molecule has 168 valence electrons. The Morgan fingerprint density at radius 2 is 1.91 bits per heavy atom. The number of hydrogen-bond acceptors (Lipinski definition) is 5. The molecule has 0 unspecified atom stereocenters. The lowest BCUT2D eigenvalue weighted by atomic mass is 10.1. The fraction of sp³-hybridized carbons (Fsp3) is 0.304. The van der Waals surface area contributed by atoms with Crippen LogP contribution in [0.1, 0.15) is 42.1 Å². The topological polar surface area (TPSA) is 115 Å². The van der Waals surface area contributed by atoms with Gasteiger partial charge < -0.3 is 10.0 Å². The van der Waals surface area contributed by atoms with E-state index in [0.717, 1.165) is 43.6 Å². The van der Waals surface area contributed by atoms with Crippen LogP contribution in [-0.4, -0.2) is 42.8 Å². The molecule has 0 aliphatic carbocycles. The van der Waals surface area contributed by atoms with Crippen LogP contribution < -0.4 is 9.62 Å². The maximum absolute atomic E-state index is 13.4. The quantitative estimate of drug-likeness (QED) is 0.494. The highest BCUT2D eigenvalue weighted by Gasteiger charge is 2.24. The van der Waals surface area contributed by atoms with Gasteiger partial charge in [0.2, 0.25) is 0 Å². The lowest BCUT2D eigenvalue weighted by Crippen LogP contribution is -2.30. The number of aromatic carboxylic acids is 1. The summed E-state index contributed by atoms with van der Waals surface area (Å²) in [5.41, 5.74) is 3.24. The molecule has 2 heterocycles. The molecular formula is C23H26N4O4S. The van der Waals surface area contributed by atoms with E-state index in [0.29, 0.717) is 23.4 Å². The molecule has 1 aliphatic rings. The minimum Gasteiger partial charge on any atom is -0.478 e. The number of aromatic amines is 1. The Morgan fingerprint density at radius 3 is 2.56 bits per heavy atom. The number of carboxylic acid groups (broad SMARTS) is 1. The van der Waals surface area contributed by atoms with Crippen molar-refractivity contribution >= 4 is 27.4 Å². The molecule has 1 saturated heterocycles. The number of aryl methyl sites for hydroxylation is 1. The Labute approximate surface area is 187 Å². The van der Waals surface area contributed by atoms with E-state index in [-0.39, 0.29) is 10.5 Å². The van der Waals surface area contributed by atoms with Gasteiger partial charge in [0.25, 0.3) is 10.0 Å². The van der Waals surface area contributed by atoms with Crippen molar-refractivity contribution < 1.29 is 18.3 Å². The number of carboxylic acids is 1. The van der Waals surface area contributed by atoms with Crippen LogP contribution in [0, 0.1) is 0 Å². The van der Waals surface area contributed by atoms with E-state index in [2.05, 4.69) is 19.8 Å². The van der Waals surface area contributed by atoms with Crippen molar-refractivity contribution in [1.82, 2.24) is 10.2 Å². The van der Waals surface area contributed by atoms with Crippen molar-refractivity contribution in [1.29, 1.82) is 0 Å². The van der Waals surface area contributed by atoms with Gasteiger partial charge >= 0.3 is 5.97 Å². The molecule has 3 aromatic rings. The summed E-state index contributed by atoms with van der Waals surface area (Å²) >= 11 is 0. The number of nitrogens with zero attached hydrogens (tertiary/aromatic N) is 2. The molecule has 2 aromatic carbocycles. The summed E-state index contributed by atoms with van der Waals surface area (Å²) in [7, 11) is -4.03. The molecule has 1 fully saturated rings. The van der Waals surface area contributed by atoms with Gasteiger partial charge in [0.15, 0.2) is 0 Å². The summed E-state index contributed by atoms with van der Waals surface area (Å²) in [4.78, 5) is 13.6. The smallest absolute Gasteiger partial charge is 0.335 e. The van der Waals surface area contributed by atoms with E-state index in [4.69, 9.17) is 0 Å². The number of benzene rings is 2. The summed E-state index contributed by atoms with van der Waals surface area (Å²) in [6, 6.07) is 11.7. The van der Waals surface area contributed by atoms with E-state index in [1.807, 2.05) is 25.1 Å². The van der Waals surface area contributed by atoms with Crippen molar-refractivity contribution in [2.24, 2.45) is 0 Å². The van der Waals surface area contributed by atoms with E-state index < -0.39 is 16.0 Å². The molecular weight excluding hydrogens is 428 g/mol.